The molecule has 1 aromatic carbocycles. The predicted octanol–water partition coefficient (Wildman–Crippen LogP) is 1.49. The maximum Gasteiger partial charge on any atom is 0.258 e. The van der Waals surface area contributed by atoms with Gasteiger partial charge >= 0.3 is 0 Å². The molecule has 0 fully saturated rings. The van der Waals surface area contributed by atoms with E-state index in [-0.39, 0.29) is 10.9 Å². The van der Waals surface area contributed by atoms with Gasteiger partial charge in [0.15, 0.2) is 6.29 Å². The van der Waals surface area contributed by atoms with Crippen molar-refractivity contribution >= 4 is 17.2 Å². The summed E-state index contributed by atoms with van der Waals surface area (Å²) in [6, 6.07) is 3.89. The lowest BCUT2D eigenvalue weighted by atomic mass is 10.2. The first-order valence-corrected chi connectivity index (χ1v) is 5.24. The summed E-state index contributed by atoms with van der Waals surface area (Å²) in [5.41, 5.74) is 0.0971. The second-order valence-corrected chi connectivity index (χ2v) is 3.67. The summed E-state index contributed by atoms with van der Waals surface area (Å²) in [4.78, 5) is 28.5. The summed E-state index contributed by atoms with van der Waals surface area (Å²) < 4.78 is 12.9. The largest absolute Gasteiger partial charge is 0.310 e. The fourth-order valence-corrected chi connectivity index (χ4v) is 1.61. The number of unbranched alkanes of at least 4 members (excludes halogenated alkanes) is 1. The van der Waals surface area contributed by atoms with Crippen molar-refractivity contribution in [1.29, 1.82) is 0 Å². The number of benzene rings is 1. The van der Waals surface area contributed by atoms with Crippen molar-refractivity contribution in [2.45, 2.75) is 19.3 Å². The van der Waals surface area contributed by atoms with E-state index in [0.29, 0.717) is 30.6 Å². The maximum atomic E-state index is 12.9. The lowest BCUT2D eigenvalue weighted by Crippen LogP contribution is -2.12. The maximum absolute atomic E-state index is 12.9. The van der Waals surface area contributed by atoms with Crippen molar-refractivity contribution in [3.8, 4) is 0 Å². The molecule has 0 saturated carbocycles. The monoisotopic (exact) mass is 233 g/mol. The third-order valence-electron chi connectivity index (χ3n) is 2.41. The zero-order chi connectivity index (χ0) is 12.3. The van der Waals surface area contributed by atoms with Crippen LogP contribution in [0.4, 0.5) is 4.39 Å². The molecule has 0 aliphatic rings. The molecule has 0 unspecified atom stereocenters. The van der Waals surface area contributed by atoms with E-state index < -0.39 is 5.82 Å². The van der Waals surface area contributed by atoms with Gasteiger partial charge in [0.2, 0.25) is 0 Å². The lowest BCUT2D eigenvalue weighted by Gasteiger charge is -2.01. The van der Waals surface area contributed by atoms with Gasteiger partial charge in [-0.05, 0) is 24.6 Å². The highest BCUT2D eigenvalue weighted by molar-refractivity contribution is 5.77. The number of nitrogens with zero attached hydrogens (tertiary/aromatic N) is 1. The van der Waals surface area contributed by atoms with Crippen LogP contribution in [0.1, 0.15) is 18.7 Å². The average Bonchev–Trinajstić information content (AvgIpc) is 2.31. The van der Waals surface area contributed by atoms with Crippen LogP contribution in [0.3, 0.4) is 0 Å². The van der Waals surface area contributed by atoms with Crippen molar-refractivity contribution in [3.05, 3.63) is 40.2 Å². The van der Waals surface area contributed by atoms with Gasteiger partial charge in [0.05, 0.1) is 10.9 Å². The van der Waals surface area contributed by atoms with Crippen LogP contribution >= 0.6 is 0 Å². The molecule has 0 aliphatic heterocycles. The summed E-state index contributed by atoms with van der Waals surface area (Å²) >= 11 is 0. The molecule has 2 rings (SSSR count). The number of H-pyrrole nitrogens is 1. The van der Waals surface area contributed by atoms with Gasteiger partial charge in [0.25, 0.3) is 5.56 Å². The van der Waals surface area contributed by atoms with Gasteiger partial charge in [-0.1, -0.05) is 0 Å². The molecule has 2 aromatic rings. The number of rotatable bonds is 4. The number of aromatic amines is 1. The fourth-order valence-electron chi connectivity index (χ4n) is 1.61. The number of aryl methyl sites for hydroxylation is 1. The molecule has 1 radical (unpaired) electrons. The summed E-state index contributed by atoms with van der Waals surface area (Å²) in [6.07, 6.45) is 3.17. The molecular formula is C12H10FN2O2. The Labute approximate surface area is 96.5 Å². The zero-order valence-electron chi connectivity index (χ0n) is 9.00. The molecule has 0 saturated heterocycles. The Morgan fingerprint density at radius 1 is 1.41 bits per heavy atom. The van der Waals surface area contributed by atoms with Gasteiger partial charge in [-0.2, -0.15) is 0 Å². The Morgan fingerprint density at radius 2 is 2.24 bits per heavy atom. The minimum absolute atomic E-state index is 0.232. The van der Waals surface area contributed by atoms with E-state index in [9.17, 15) is 14.0 Å². The highest BCUT2D eigenvalue weighted by Gasteiger charge is 2.04. The minimum atomic E-state index is -0.465. The minimum Gasteiger partial charge on any atom is -0.310 e. The highest BCUT2D eigenvalue weighted by atomic mass is 19.1. The number of hydrogen-bond acceptors (Lipinski definition) is 3. The van der Waals surface area contributed by atoms with Crippen LogP contribution in [0.2, 0.25) is 0 Å². The molecule has 5 heteroatoms. The number of fused-ring (bicyclic) bond motifs is 1. The van der Waals surface area contributed by atoms with Gasteiger partial charge in [0, 0.05) is 12.8 Å². The standard InChI is InChI=1S/C12H10FN2O2/c13-8-4-5-10-9(7-8)12(17)15-11(14-10)3-1-2-6-16/h4-5,7H,1-3H2,(H,14,15,17). The van der Waals surface area contributed by atoms with Crippen LogP contribution in [0.15, 0.2) is 23.0 Å². The first kappa shape index (κ1) is 11.4. The van der Waals surface area contributed by atoms with Crippen LogP contribution in [0.25, 0.3) is 10.9 Å². The molecule has 0 bridgehead atoms. The molecular weight excluding hydrogens is 223 g/mol. The average molecular weight is 233 g/mol. The van der Waals surface area contributed by atoms with Crippen molar-refractivity contribution in [3.63, 3.8) is 0 Å². The second-order valence-electron chi connectivity index (χ2n) is 3.67. The molecule has 1 aromatic heterocycles. The van der Waals surface area contributed by atoms with Gasteiger partial charge in [-0.25, -0.2) is 9.37 Å². The lowest BCUT2D eigenvalue weighted by molar-refractivity contribution is 0.548. The second kappa shape index (κ2) is 4.86. The molecule has 17 heavy (non-hydrogen) atoms. The first-order chi connectivity index (χ1) is 8.20. The van der Waals surface area contributed by atoms with E-state index in [1.807, 2.05) is 0 Å². The molecule has 1 N–H and O–H groups in total. The summed E-state index contributed by atoms with van der Waals surface area (Å²) in [5.74, 6) is 0.0393. The Bertz CT molecular complexity index is 607. The van der Waals surface area contributed by atoms with Gasteiger partial charge in [0.1, 0.15) is 11.6 Å². The Kier molecular flexibility index (Phi) is 3.27. The van der Waals surface area contributed by atoms with Gasteiger partial charge in [-0.3, -0.25) is 9.59 Å². The van der Waals surface area contributed by atoms with Crippen molar-refractivity contribution in [2.75, 3.05) is 0 Å². The molecule has 0 aliphatic carbocycles. The van der Waals surface area contributed by atoms with Gasteiger partial charge < -0.3 is 4.98 Å². The van der Waals surface area contributed by atoms with Crippen molar-refractivity contribution in [1.82, 2.24) is 9.97 Å². The molecule has 0 atom stereocenters. The zero-order valence-corrected chi connectivity index (χ0v) is 9.00. The van der Waals surface area contributed by atoms with Crippen LogP contribution < -0.4 is 5.56 Å². The summed E-state index contributed by atoms with van der Waals surface area (Å²) in [7, 11) is 0. The third-order valence-corrected chi connectivity index (χ3v) is 2.41. The molecule has 0 spiro atoms. The van der Waals surface area contributed by atoms with Crippen molar-refractivity contribution in [2.24, 2.45) is 0 Å². The van der Waals surface area contributed by atoms with Gasteiger partial charge in [-0.15, -0.1) is 0 Å². The number of hydrogen-bond donors (Lipinski definition) is 1. The van der Waals surface area contributed by atoms with E-state index in [1.165, 1.54) is 12.1 Å². The third kappa shape index (κ3) is 2.55. The normalized spacial score (nSPS) is 10.6. The predicted molar refractivity (Wildman–Crippen MR) is 61.0 cm³/mol. The van der Waals surface area contributed by atoms with Crippen LogP contribution in [0.5, 0.6) is 0 Å². The molecule has 0 amide bonds. The topological polar surface area (TPSA) is 62.8 Å². The Balaban J connectivity index is 2.38. The summed E-state index contributed by atoms with van der Waals surface area (Å²) in [5, 5.41) is 0.232. The van der Waals surface area contributed by atoms with E-state index in [1.54, 1.807) is 6.29 Å². The smallest absolute Gasteiger partial charge is 0.258 e. The fraction of sp³-hybridized carbons (Fsp3) is 0.250. The van der Waals surface area contributed by atoms with E-state index in [4.69, 9.17) is 0 Å². The van der Waals surface area contributed by atoms with Crippen LogP contribution in [-0.2, 0) is 11.2 Å². The number of carbonyl (C=O) groups excluding carboxylic acids is 1. The van der Waals surface area contributed by atoms with E-state index in [0.717, 1.165) is 6.07 Å². The quantitative estimate of drug-likeness (QED) is 0.814. The van der Waals surface area contributed by atoms with Crippen LogP contribution in [0, 0.1) is 5.82 Å². The summed E-state index contributed by atoms with van der Waals surface area (Å²) in [6.45, 7) is 0. The molecule has 4 nitrogen and oxygen atoms in total. The van der Waals surface area contributed by atoms with E-state index >= 15 is 0 Å². The molecule has 87 valence electrons. The SMILES string of the molecule is O=[C]CCCc1nc2ccc(F)cc2c(=O)[nH]1. The van der Waals surface area contributed by atoms with Crippen molar-refractivity contribution < 1.29 is 9.18 Å². The number of halogens is 1. The number of aromatic nitrogens is 2. The highest BCUT2D eigenvalue weighted by Crippen LogP contribution is 2.09. The van der Waals surface area contributed by atoms with E-state index in [2.05, 4.69) is 9.97 Å². The Hall–Kier alpha value is -2.04. The van der Waals surface area contributed by atoms with Crippen LogP contribution in [-0.4, -0.2) is 16.3 Å². The Morgan fingerprint density at radius 3 is 3.00 bits per heavy atom. The number of nitrogens with one attached hydrogen (secondary N) is 1. The molecule has 1 heterocycles. The first-order valence-electron chi connectivity index (χ1n) is 5.24.